The van der Waals surface area contributed by atoms with Crippen LogP contribution >= 0.6 is 0 Å². The minimum absolute atomic E-state index is 0.383. The second-order valence-corrected chi connectivity index (χ2v) is 11.9. The summed E-state index contributed by atoms with van der Waals surface area (Å²) in [7, 11) is 0. The predicted molar refractivity (Wildman–Crippen MR) is 179 cm³/mol. The lowest BCUT2D eigenvalue weighted by Gasteiger charge is -2.22. The summed E-state index contributed by atoms with van der Waals surface area (Å²) in [6, 6.07) is 39.8. The number of nitrogens with zero attached hydrogens (tertiary/aromatic N) is 3. The van der Waals surface area contributed by atoms with E-state index in [1.54, 1.807) is 0 Å². The summed E-state index contributed by atoms with van der Waals surface area (Å²) in [5, 5.41) is 2.55. The molecule has 7 aromatic rings. The van der Waals surface area contributed by atoms with E-state index in [1.165, 1.54) is 49.7 Å². The number of rotatable bonds is 6. The Labute approximate surface area is 248 Å². The van der Waals surface area contributed by atoms with Crippen LogP contribution in [-0.4, -0.2) is 14.1 Å². The van der Waals surface area contributed by atoms with Gasteiger partial charge in [0.2, 0.25) is 0 Å². The van der Waals surface area contributed by atoms with Crippen LogP contribution in [0.2, 0.25) is 0 Å². The lowest BCUT2D eigenvalue weighted by molar-refractivity contribution is 0.811. The minimum Gasteiger partial charge on any atom is -0.341 e. The molecule has 42 heavy (non-hydrogen) atoms. The first kappa shape index (κ1) is 26.3. The number of aryl methyl sites for hydroxylation is 1. The summed E-state index contributed by atoms with van der Waals surface area (Å²) in [4.78, 5) is 5.30. The number of aromatic nitrogens is 3. The predicted octanol–water partition coefficient (Wildman–Crippen LogP) is 10.7. The molecule has 3 heteroatoms. The number of benzene rings is 5. The first-order valence-corrected chi connectivity index (χ1v) is 15.2. The molecule has 0 unspecified atom stereocenters. The molecule has 0 radical (unpaired) electrons. The van der Waals surface area contributed by atoms with Gasteiger partial charge >= 0.3 is 0 Å². The van der Waals surface area contributed by atoms with Crippen molar-refractivity contribution in [1.82, 2.24) is 14.1 Å². The van der Waals surface area contributed by atoms with E-state index in [9.17, 15) is 0 Å². The second-order valence-electron chi connectivity index (χ2n) is 11.9. The molecule has 3 nitrogen and oxygen atoms in total. The third-order valence-corrected chi connectivity index (χ3v) is 8.67. The Balaban J connectivity index is 1.53. The molecule has 0 saturated carbocycles. The molecular weight excluding hydrogens is 510 g/mol. The van der Waals surface area contributed by atoms with Gasteiger partial charge in [0, 0.05) is 33.9 Å². The van der Waals surface area contributed by atoms with Crippen molar-refractivity contribution >= 4 is 32.8 Å². The Kier molecular flexibility index (Phi) is 6.46. The molecular formula is C39H37N3. The van der Waals surface area contributed by atoms with Gasteiger partial charge in [0.1, 0.15) is 5.82 Å². The quantitative estimate of drug-likeness (QED) is 0.203. The number of hydrogen-bond acceptors (Lipinski definition) is 1. The summed E-state index contributed by atoms with van der Waals surface area (Å²) < 4.78 is 4.85. The highest BCUT2D eigenvalue weighted by Crippen LogP contribution is 2.39. The lowest BCUT2D eigenvalue weighted by atomic mass is 9.92. The summed E-state index contributed by atoms with van der Waals surface area (Å²) in [6.45, 7) is 12.3. The van der Waals surface area contributed by atoms with E-state index in [0.717, 1.165) is 29.0 Å². The molecule has 5 aromatic carbocycles. The molecule has 0 N–H and O–H groups in total. The number of para-hydroxylation sites is 3. The fourth-order valence-electron chi connectivity index (χ4n) is 6.61. The van der Waals surface area contributed by atoms with Gasteiger partial charge in [-0.1, -0.05) is 94.4 Å². The van der Waals surface area contributed by atoms with Gasteiger partial charge in [-0.25, -0.2) is 4.98 Å². The van der Waals surface area contributed by atoms with Crippen molar-refractivity contribution in [2.24, 2.45) is 0 Å². The fraction of sp³-hybridized carbons (Fsp3) is 0.205. The van der Waals surface area contributed by atoms with Crippen molar-refractivity contribution in [3.63, 3.8) is 0 Å². The van der Waals surface area contributed by atoms with Gasteiger partial charge < -0.3 is 4.57 Å². The standard InChI is InChI=1S/C39H37N3/c1-6-41-35-21-19-28(27-13-8-7-9-14-27)23-32(35)33-24-29(20-22-36(33)41)39-40-34-17-10-11-18-37(34)42(39)38-30(25(2)3)15-12-16-31(38)26(4)5/h7-26H,6H2,1-5H3. The molecule has 0 aliphatic carbocycles. The van der Waals surface area contributed by atoms with Crippen LogP contribution < -0.4 is 0 Å². The van der Waals surface area contributed by atoms with E-state index in [4.69, 9.17) is 4.98 Å². The van der Waals surface area contributed by atoms with Crippen LogP contribution in [0.15, 0.2) is 109 Å². The maximum Gasteiger partial charge on any atom is 0.145 e. The third-order valence-electron chi connectivity index (χ3n) is 8.67. The summed E-state index contributed by atoms with van der Waals surface area (Å²) in [6.07, 6.45) is 0. The van der Waals surface area contributed by atoms with Crippen LogP contribution in [0.3, 0.4) is 0 Å². The van der Waals surface area contributed by atoms with E-state index >= 15 is 0 Å². The Bertz CT molecular complexity index is 2050. The first-order valence-electron chi connectivity index (χ1n) is 15.2. The fourth-order valence-corrected chi connectivity index (χ4v) is 6.61. The maximum absolute atomic E-state index is 5.30. The monoisotopic (exact) mass is 547 g/mol. The van der Waals surface area contributed by atoms with Crippen LogP contribution in [0, 0.1) is 0 Å². The Hall–Kier alpha value is -4.63. The Morgan fingerprint density at radius 3 is 1.81 bits per heavy atom. The number of imidazole rings is 1. The summed E-state index contributed by atoms with van der Waals surface area (Å²) >= 11 is 0. The van der Waals surface area contributed by atoms with Gasteiger partial charge in [0.25, 0.3) is 0 Å². The SMILES string of the molecule is CCn1c2ccc(-c3ccccc3)cc2c2cc(-c3nc4ccccc4n3-c3c(C(C)C)cccc3C(C)C)ccc21. The van der Waals surface area contributed by atoms with E-state index in [1.807, 2.05) is 0 Å². The first-order chi connectivity index (χ1) is 20.5. The van der Waals surface area contributed by atoms with Crippen molar-refractivity contribution in [2.45, 2.75) is 53.0 Å². The molecule has 0 aliphatic heterocycles. The Morgan fingerprint density at radius 2 is 1.17 bits per heavy atom. The van der Waals surface area contributed by atoms with Gasteiger partial charge in [-0.3, -0.25) is 4.57 Å². The van der Waals surface area contributed by atoms with Gasteiger partial charge in [-0.2, -0.15) is 0 Å². The van der Waals surface area contributed by atoms with Crippen LogP contribution in [-0.2, 0) is 6.54 Å². The zero-order chi connectivity index (χ0) is 29.0. The lowest BCUT2D eigenvalue weighted by Crippen LogP contribution is -2.08. The van der Waals surface area contributed by atoms with Crippen molar-refractivity contribution in [3.8, 4) is 28.2 Å². The van der Waals surface area contributed by atoms with Crippen LogP contribution in [0.4, 0.5) is 0 Å². The highest BCUT2D eigenvalue weighted by Gasteiger charge is 2.22. The van der Waals surface area contributed by atoms with Gasteiger partial charge in [0.05, 0.1) is 16.7 Å². The minimum atomic E-state index is 0.383. The van der Waals surface area contributed by atoms with Crippen LogP contribution in [0.5, 0.6) is 0 Å². The van der Waals surface area contributed by atoms with Crippen LogP contribution in [0.25, 0.3) is 61.0 Å². The largest absolute Gasteiger partial charge is 0.341 e. The van der Waals surface area contributed by atoms with E-state index in [-0.39, 0.29) is 0 Å². The van der Waals surface area contributed by atoms with Crippen molar-refractivity contribution in [1.29, 1.82) is 0 Å². The van der Waals surface area contributed by atoms with Crippen molar-refractivity contribution in [2.75, 3.05) is 0 Å². The number of fused-ring (bicyclic) bond motifs is 4. The maximum atomic E-state index is 5.30. The van der Waals surface area contributed by atoms with Gasteiger partial charge in [-0.05, 0) is 83.5 Å². The number of hydrogen-bond donors (Lipinski definition) is 0. The summed E-state index contributed by atoms with van der Waals surface area (Å²) in [5.74, 6) is 1.76. The average Bonchev–Trinajstić information content (AvgIpc) is 3.56. The molecule has 208 valence electrons. The van der Waals surface area contributed by atoms with E-state index in [0.29, 0.717) is 11.8 Å². The highest BCUT2D eigenvalue weighted by molar-refractivity contribution is 6.10. The highest BCUT2D eigenvalue weighted by atomic mass is 15.1. The molecule has 2 aromatic heterocycles. The molecule has 0 spiro atoms. The third kappa shape index (κ3) is 4.15. The smallest absolute Gasteiger partial charge is 0.145 e. The average molecular weight is 548 g/mol. The molecule has 0 aliphatic rings. The zero-order valence-electron chi connectivity index (χ0n) is 25.1. The molecule has 0 atom stereocenters. The van der Waals surface area contributed by atoms with E-state index in [2.05, 4.69) is 153 Å². The molecule has 0 saturated heterocycles. The molecule has 7 rings (SSSR count). The Morgan fingerprint density at radius 1 is 0.571 bits per heavy atom. The molecule has 0 amide bonds. The zero-order valence-corrected chi connectivity index (χ0v) is 25.1. The summed E-state index contributed by atoms with van der Waals surface area (Å²) in [5.41, 5.74) is 12.3. The van der Waals surface area contributed by atoms with Crippen LogP contribution in [0.1, 0.15) is 57.6 Å². The topological polar surface area (TPSA) is 22.8 Å². The molecule has 0 bridgehead atoms. The van der Waals surface area contributed by atoms with Gasteiger partial charge in [0.15, 0.2) is 0 Å². The molecule has 0 fully saturated rings. The molecule has 2 heterocycles. The second kappa shape index (κ2) is 10.3. The van der Waals surface area contributed by atoms with Gasteiger partial charge in [-0.15, -0.1) is 0 Å². The van der Waals surface area contributed by atoms with Crippen molar-refractivity contribution in [3.05, 3.63) is 120 Å². The van der Waals surface area contributed by atoms with E-state index < -0.39 is 0 Å². The normalized spacial score (nSPS) is 12.0. The van der Waals surface area contributed by atoms with Crippen molar-refractivity contribution < 1.29 is 0 Å².